The standard InChI is InChI=1S/C25H28N10O/c1-16-6-7-35-21(16)25(34-10-8-33(9-11-34)14-18-4-3-5-19(36)12-18)31-23(32-35)17(2)30-24-20(13-26)22(27)28-15-29-24/h3-7,12,15,17,36H,8-11,14H2,1-2H3,(H3,27,28,29,30)/t17-/m0/s1. The number of hydrogen-bond donors (Lipinski definition) is 3. The van der Waals surface area contributed by atoms with Gasteiger partial charge < -0.3 is 21.1 Å². The number of nitrogens with one attached hydrogen (secondary N) is 1. The predicted molar refractivity (Wildman–Crippen MR) is 137 cm³/mol. The normalized spacial score (nSPS) is 15.1. The number of rotatable bonds is 6. The highest BCUT2D eigenvalue weighted by Crippen LogP contribution is 2.27. The molecule has 0 bridgehead atoms. The SMILES string of the molecule is Cc1ccn2nc([C@H](C)Nc3ncnc(N)c3C#N)nc(N3CCN(Cc4cccc(O)c4)CC3)c12. The van der Waals surface area contributed by atoms with E-state index in [-0.39, 0.29) is 17.4 Å². The van der Waals surface area contributed by atoms with Crippen molar-refractivity contribution in [2.75, 3.05) is 42.1 Å². The fraction of sp³-hybridized carbons (Fsp3) is 0.320. The molecule has 1 fully saturated rings. The number of phenols is 1. The van der Waals surface area contributed by atoms with E-state index in [1.807, 2.05) is 41.9 Å². The smallest absolute Gasteiger partial charge is 0.173 e. The first kappa shape index (κ1) is 23.3. The van der Waals surface area contributed by atoms with Crippen molar-refractivity contribution < 1.29 is 5.11 Å². The van der Waals surface area contributed by atoms with Gasteiger partial charge in [-0.3, -0.25) is 4.90 Å². The molecule has 36 heavy (non-hydrogen) atoms. The van der Waals surface area contributed by atoms with Crippen LogP contribution in [0.5, 0.6) is 5.75 Å². The summed E-state index contributed by atoms with van der Waals surface area (Å²) in [5.74, 6) is 2.24. The van der Waals surface area contributed by atoms with E-state index in [9.17, 15) is 10.4 Å². The van der Waals surface area contributed by atoms with Gasteiger partial charge in [-0.05, 0) is 43.2 Å². The van der Waals surface area contributed by atoms with E-state index in [4.69, 9.17) is 15.8 Å². The summed E-state index contributed by atoms with van der Waals surface area (Å²) >= 11 is 0. The number of aromatic nitrogens is 5. The maximum Gasteiger partial charge on any atom is 0.173 e. The van der Waals surface area contributed by atoms with Gasteiger partial charge in [-0.15, -0.1) is 0 Å². The number of nitriles is 1. The summed E-state index contributed by atoms with van der Waals surface area (Å²) in [6.07, 6.45) is 3.26. The van der Waals surface area contributed by atoms with Crippen LogP contribution >= 0.6 is 0 Å². The van der Waals surface area contributed by atoms with Gasteiger partial charge >= 0.3 is 0 Å². The lowest BCUT2D eigenvalue weighted by Crippen LogP contribution is -2.46. The first-order valence-electron chi connectivity index (χ1n) is 11.8. The molecule has 0 radical (unpaired) electrons. The van der Waals surface area contributed by atoms with E-state index in [0.29, 0.717) is 17.4 Å². The number of benzene rings is 1. The summed E-state index contributed by atoms with van der Waals surface area (Å²) < 4.78 is 1.86. The topological polar surface area (TPSA) is 145 Å². The molecule has 11 nitrogen and oxygen atoms in total. The van der Waals surface area contributed by atoms with Crippen molar-refractivity contribution in [3.05, 3.63) is 65.4 Å². The highest BCUT2D eigenvalue weighted by atomic mass is 16.3. The summed E-state index contributed by atoms with van der Waals surface area (Å²) in [6, 6.07) is 11.2. The summed E-state index contributed by atoms with van der Waals surface area (Å²) in [5.41, 5.74) is 9.23. The second kappa shape index (κ2) is 9.67. The van der Waals surface area contributed by atoms with Crippen LogP contribution < -0.4 is 16.0 Å². The van der Waals surface area contributed by atoms with Crippen LogP contribution in [0.1, 0.15) is 35.5 Å². The van der Waals surface area contributed by atoms with Crippen LogP contribution in [0.3, 0.4) is 0 Å². The summed E-state index contributed by atoms with van der Waals surface area (Å²) in [5, 5.41) is 27.2. The Kier molecular flexibility index (Phi) is 6.26. The van der Waals surface area contributed by atoms with Gasteiger partial charge in [0.1, 0.15) is 40.9 Å². The van der Waals surface area contributed by atoms with E-state index < -0.39 is 0 Å². The van der Waals surface area contributed by atoms with Gasteiger partial charge in [0, 0.05) is 38.9 Å². The molecular formula is C25H28N10O. The summed E-state index contributed by atoms with van der Waals surface area (Å²) in [6.45, 7) is 8.16. The molecule has 0 amide bonds. The number of hydrogen-bond acceptors (Lipinski definition) is 10. The Hall–Kier alpha value is -4.43. The van der Waals surface area contributed by atoms with Crippen molar-refractivity contribution in [1.29, 1.82) is 5.26 Å². The minimum absolute atomic E-state index is 0.129. The quantitative estimate of drug-likeness (QED) is 0.373. The molecule has 0 aliphatic carbocycles. The van der Waals surface area contributed by atoms with Crippen LogP contribution in [0.15, 0.2) is 42.9 Å². The van der Waals surface area contributed by atoms with E-state index in [2.05, 4.69) is 38.1 Å². The highest BCUT2D eigenvalue weighted by molar-refractivity contribution is 5.73. The average molecular weight is 485 g/mol. The number of anilines is 3. The predicted octanol–water partition coefficient (Wildman–Crippen LogP) is 2.48. The number of phenolic OH excluding ortho intramolecular Hbond substituents is 1. The zero-order chi connectivity index (χ0) is 25.2. The molecule has 1 atom stereocenters. The van der Waals surface area contributed by atoms with Crippen molar-refractivity contribution in [2.45, 2.75) is 26.4 Å². The zero-order valence-electron chi connectivity index (χ0n) is 20.3. The number of piperazine rings is 1. The van der Waals surface area contributed by atoms with Gasteiger partial charge in [0.15, 0.2) is 11.6 Å². The zero-order valence-corrected chi connectivity index (χ0v) is 20.3. The molecular weight excluding hydrogens is 456 g/mol. The first-order chi connectivity index (χ1) is 17.4. The number of aromatic hydroxyl groups is 1. The summed E-state index contributed by atoms with van der Waals surface area (Å²) in [4.78, 5) is 17.7. The maximum absolute atomic E-state index is 9.77. The van der Waals surface area contributed by atoms with Gasteiger partial charge in [0.2, 0.25) is 0 Å². The fourth-order valence-corrected chi connectivity index (χ4v) is 4.50. The monoisotopic (exact) mass is 484 g/mol. The molecule has 0 spiro atoms. The molecule has 0 unspecified atom stereocenters. The van der Waals surface area contributed by atoms with E-state index in [1.165, 1.54) is 6.33 Å². The lowest BCUT2D eigenvalue weighted by atomic mass is 10.2. The lowest BCUT2D eigenvalue weighted by molar-refractivity contribution is 0.249. The first-order valence-corrected chi connectivity index (χ1v) is 11.8. The Labute approximate surface area is 208 Å². The molecule has 184 valence electrons. The van der Waals surface area contributed by atoms with Gasteiger partial charge in [-0.2, -0.15) is 10.4 Å². The van der Waals surface area contributed by atoms with Crippen molar-refractivity contribution in [2.24, 2.45) is 0 Å². The molecule has 4 heterocycles. The number of fused-ring (bicyclic) bond motifs is 1. The number of nitrogens with zero attached hydrogens (tertiary/aromatic N) is 8. The molecule has 0 saturated carbocycles. The Morgan fingerprint density at radius 1 is 1.19 bits per heavy atom. The van der Waals surface area contributed by atoms with Crippen molar-refractivity contribution in [3.63, 3.8) is 0 Å². The third-order valence-electron chi connectivity index (χ3n) is 6.43. The molecule has 4 N–H and O–H groups in total. The largest absolute Gasteiger partial charge is 0.508 e. The molecule has 1 saturated heterocycles. The van der Waals surface area contributed by atoms with Crippen LogP contribution in [0.25, 0.3) is 5.52 Å². The van der Waals surface area contributed by atoms with Crippen molar-refractivity contribution in [3.8, 4) is 11.8 Å². The summed E-state index contributed by atoms with van der Waals surface area (Å²) in [7, 11) is 0. The van der Waals surface area contributed by atoms with Crippen molar-refractivity contribution in [1.82, 2.24) is 29.5 Å². The molecule has 1 aliphatic heterocycles. The molecule has 1 aromatic carbocycles. The highest BCUT2D eigenvalue weighted by Gasteiger charge is 2.24. The molecule has 4 aromatic rings. The average Bonchev–Trinajstić information content (AvgIpc) is 3.25. The van der Waals surface area contributed by atoms with Crippen LogP contribution in [-0.2, 0) is 6.54 Å². The number of aryl methyl sites for hydroxylation is 1. The third kappa shape index (κ3) is 4.58. The van der Waals surface area contributed by atoms with E-state index in [0.717, 1.165) is 55.2 Å². The molecule has 3 aromatic heterocycles. The Bertz CT molecular complexity index is 1430. The second-order valence-corrected chi connectivity index (χ2v) is 8.98. The molecule has 5 rings (SSSR count). The fourth-order valence-electron chi connectivity index (χ4n) is 4.50. The van der Waals surface area contributed by atoms with Crippen LogP contribution in [0.2, 0.25) is 0 Å². The van der Waals surface area contributed by atoms with Gasteiger partial charge in [-0.25, -0.2) is 19.5 Å². The number of nitrogen functional groups attached to an aromatic ring is 1. The third-order valence-corrected chi connectivity index (χ3v) is 6.43. The minimum Gasteiger partial charge on any atom is -0.508 e. The van der Waals surface area contributed by atoms with Gasteiger partial charge in [-0.1, -0.05) is 12.1 Å². The Morgan fingerprint density at radius 2 is 2.00 bits per heavy atom. The van der Waals surface area contributed by atoms with Crippen LogP contribution in [-0.4, -0.2) is 60.8 Å². The number of nitrogens with two attached hydrogens (primary N) is 1. The Balaban J connectivity index is 1.38. The minimum atomic E-state index is -0.329. The lowest BCUT2D eigenvalue weighted by Gasteiger charge is -2.36. The molecule has 1 aliphatic rings. The van der Waals surface area contributed by atoms with Crippen molar-refractivity contribution >= 4 is 23.0 Å². The second-order valence-electron chi connectivity index (χ2n) is 8.98. The molecule has 11 heteroatoms. The maximum atomic E-state index is 9.77. The van der Waals surface area contributed by atoms with Gasteiger partial charge in [0.25, 0.3) is 0 Å². The van der Waals surface area contributed by atoms with E-state index >= 15 is 0 Å². The van der Waals surface area contributed by atoms with Crippen LogP contribution in [0.4, 0.5) is 17.5 Å². The van der Waals surface area contributed by atoms with Gasteiger partial charge in [0.05, 0.1) is 6.04 Å². The van der Waals surface area contributed by atoms with E-state index in [1.54, 1.807) is 6.07 Å². The van der Waals surface area contributed by atoms with Crippen LogP contribution in [0, 0.1) is 18.3 Å². The Morgan fingerprint density at radius 3 is 2.75 bits per heavy atom.